The predicted molar refractivity (Wildman–Crippen MR) is 87.0 cm³/mol. The zero-order valence-electron chi connectivity index (χ0n) is 12.7. The highest BCUT2D eigenvalue weighted by Crippen LogP contribution is 2.13. The maximum Gasteiger partial charge on any atom is 0.326 e. The highest BCUT2D eigenvalue weighted by molar-refractivity contribution is 7.98. The lowest BCUT2D eigenvalue weighted by atomic mass is 10.0. The molecule has 0 aromatic heterocycles. The summed E-state index contributed by atoms with van der Waals surface area (Å²) in [4.78, 5) is 24.8. The van der Waals surface area contributed by atoms with E-state index in [9.17, 15) is 19.8 Å². The number of phenols is 1. The number of carboxylic acids is 1. The van der Waals surface area contributed by atoms with Gasteiger partial charge in [0.25, 0.3) is 0 Å². The summed E-state index contributed by atoms with van der Waals surface area (Å²) in [5.74, 6) is -0.631. The van der Waals surface area contributed by atoms with E-state index in [4.69, 9.17) is 5.73 Å². The van der Waals surface area contributed by atoms with E-state index >= 15 is 0 Å². The van der Waals surface area contributed by atoms with Gasteiger partial charge in [0.05, 0.1) is 6.04 Å². The van der Waals surface area contributed by atoms with Crippen LogP contribution in [0.3, 0.4) is 0 Å². The van der Waals surface area contributed by atoms with E-state index in [1.807, 2.05) is 6.26 Å². The number of aliphatic carboxylic acids is 1. The lowest BCUT2D eigenvalue weighted by Gasteiger charge is -2.27. The van der Waals surface area contributed by atoms with Crippen LogP contribution in [0, 0.1) is 0 Å². The van der Waals surface area contributed by atoms with Gasteiger partial charge in [0.15, 0.2) is 0 Å². The van der Waals surface area contributed by atoms with Gasteiger partial charge in [-0.2, -0.15) is 11.8 Å². The van der Waals surface area contributed by atoms with Crippen LogP contribution in [0.15, 0.2) is 24.3 Å². The Kier molecular flexibility index (Phi) is 7.20. The largest absolute Gasteiger partial charge is 0.508 e. The molecule has 4 N–H and O–H groups in total. The molecule has 0 spiro atoms. The van der Waals surface area contributed by atoms with E-state index in [1.54, 1.807) is 12.1 Å². The molecule has 2 atom stereocenters. The standard InChI is InChI=1S/C15H22N2O4S/c1-17(13(15(20)21)7-8-22-2)14(19)12(16)9-10-3-5-11(18)6-4-10/h3-6,12-13,18H,7-9,16H2,1-2H3,(H,20,21)/t12-,13-/m0/s1. The zero-order valence-corrected chi connectivity index (χ0v) is 13.5. The fraction of sp³-hybridized carbons (Fsp3) is 0.467. The summed E-state index contributed by atoms with van der Waals surface area (Å²) < 4.78 is 0. The molecule has 1 rings (SSSR count). The molecule has 0 saturated heterocycles. The second-order valence-corrected chi connectivity index (χ2v) is 6.05. The summed E-state index contributed by atoms with van der Waals surface area (Å²) in [6.45, 7) is 0. The highest BCUT2D eigenvalue weighted by atomic mass is 32.2. The number of carbonyl (C=O) groups excluding carboxylic acids is 1. The fourth-order valence-electron chi connectivity index (χ4n) is 2.10. The van der Waals surface area contributed by atoms with Crippen LogP contribution in [-0.2, 0) is 16.0 Å². The number of carboxylic acid groups (broad SMARTS) is 1. The minimum Gasteiger partial charge on any atom is -0.508 e. The van der Waals surface area contributed by atoms with Gasteiger partial charge in [-0.25, -0.2) is 4.79 Å². The number of carbonyl (C=O) groups is 2. The Morgan fingerprint density at radius 3 is 2.41 bits per heavy atom. The van der Waals surface area contributed by atoms with E-state index in [0.29, 0.717) is 18.6 Å². The monoisotopic (exact) mass is 326 g/mol. The number of likely N-dealkylation sites (N-methyl/N-ethyl adjacent to an activating group) is 1. The van der Waals surface area contributed by atoms with E-state index in [-0.39, 0.29) is 5.75 Å². The van der Waals surface area contributed by atoms with Gasteiger partial charge in [-0.1, -0.05) is 12.1 Å². The van der Waals surface area contributed by atoms with Crippen molar-refractivity contribution < 1.29 is 19.8 Å². The van der Waals surface area contributed by atoms with E-state index < -0.39 is 24.0 Å². The molecule has 1 amide bonds. The SMILES string of the molecule is CSCC[C@@H](C(=O)O)N(C)C(=O)[C@@H](N)Cc1ccc(O)cc1. The number of rotatable bonds is 8. The maximum atomic E-state index is 12.3. The molecule has 22 heavy (non-hydrogen) atoms. The van der Waals surface area contributed by atoms with Crippen molar-refractivity contribution in [1.29, 1.82) is 0 Å². The first kappa shape index (κ1) is 18.3. The molecular formula is C15H22N2O4S. The van der Waals surface area contributed by atoms with Crippen LogP contribution in [0.5, 0.6) is 5.75 Å². The summed E-state index contributed by atoms with van der Waals surface area (Å²) in [7, 11) is 1.47. The number of thioether (sulfide) groups is 1. The summed E-state index contributed by atoms with van der Waals surface area (Å²) in [5, 5.41) is 18.5. The van der Waals surface area contributed by atoms with Crippen LogP contribution in [0.2, 0.25) is 0 Å². The first-order valence-electron chi connectivity index (χ1n) is 6.88. The van der Waals surface area contributed by atoms with Gasteiger partial charge in [0.1, 0.15) is 11.8 Å². The Morgan fingerprint density at radius 1 is 1.32 bits per heavy atom. The molecule has 0 saturated carbocycles. The number of amides is 1. The third-order valence-electron chi connectivity index (χ3n) is 3.40. The number of nitrogens with two attached hydrogens (primary N) is 1. The second-order valence-electron chi connectivity index (χ2n) is 5.06. The van der Waals surface area contributed by atoms with Crippen molar-refractivity contribution >= 4 is 23.6 Å². The molecule has 0 fully saturated rings. The van der Waals surface area contributed by atoms with Crippen molar-refractivity contribution in [3.05, 3.63) is 29.8 Å². The number of hydrogen-bond acceptors (Lipinski definition) is 5. The Hall–Kier alpha value is -1.73. The van der Waals surface area contributed by atoms with Crippen LogP contribution < -0.4 is 5.73 Å². The summed E-state index contributed by atoms with van der Waals surface area (Å²) >= 11 is 1.53. The van der Waals surface area contributed by atoms with Crippen LogP contribution >= 0.6 is 11.8 Å². The number of benzene rings is 1. The van der Waals surface area contributed by atoms with Gasteiger partial charge in [-0.05, 0) is 42.5 Å². The minimum atomic E-state index is -1.03. The Balaban J connectivity index is 2.70. The number of hydrogen-bond donors (Lipinski definition) is 3. The van der Waals surface area contributed by atoms with Crippen molar-refractivity contribution in [2.24, 2.45) is 5.73 Å². The molecule has 0 bridgehead atoms. The van der Waals surface area contributed by atoms with Crippen LogP contribution in [0.25, 0.3) is 0 Å². The summed E-state index contributed by atoms with van der Waals surface area (Å²) in [6, 6.07) is 4.73. The molecule has 6 nitrogen and oxygen atoms in total. The smallest absolute Gasteiger partial charge is 0.326 e. The fourth-order valence-corrected chi connectivity index (χ4v) is 2.56. The Morgan fingerprint density at radius 2 is 1.91 bits per heavy atom. The van der Waals surface area contributed by atoms with Gasteiger partial charge in [-0.3, -0.25) is 4.79 Å². The van der Waals surface area contributed by atoms with Crippen LogP contribution in [-0.4, -0.2) is 58.1 Å². The van der Waals surface area contributed by atoms with Gasteiger partial charge in [0.2, 0.25) is 5.91 Å². The Labute approximate surface area is 134 Å². The molecule has 1 aromatic rings. The molecule has 122 valence electrons. The number of aromatic hydroxyl groups is 1. The van der Waals surface area contributed by atoms with Crippen molar-refractivity contribution in [3.63, 3.8) is 0 Å². The third kappa shape index (κ3) is 5.23. The van der Waals surface area contributed by atoms with Crippen molar-refractivity contribution in [3.8, 4) is 5.75 Å². The zero-order chi connectivity index (χ0) is 16.7. The van der Waals surface area contributed by atoms with Crippen molar-refractivity contribution in [1.82, 2.24) is 4.90 Å². The molecule has 0 unspecified atom stereocenters. The van der Waals surface area contributed by atoms with Gasteiger partial charge >= 0.3 is 5.97 Å². The van der Waals surface area contributed by atoms with Crippen LogP contribution in [0.1, 0.15) is 12.0 Å². The first-order valence-corrected chi connectivity index (χ1v) is 8.28. The van der Waals surface area contributed by atoms with Gasteiger partial charge in [-0.15, -0.1) is 0 Å². The molecule has 0 aliphatic heterocycles. The van der Waals surface area contributed by atoms with E-state index in [1.165, 1.54) is 35.8 Å². The quantitative estimate of drug-likeness (QED) is 0.656. The first-order chi connectivity index (χ1) is 10.4. The van der Waals surface area contributed by atoms with Crippen molar-refractivity contribution in [2.75, 3.05) is 19.1 Å². The normalized spacial score (nSPS) is 13.4. The average molecular weight is 326 g/mol. The maximum absolute atomic E-state index is 12.3. The predicted octanol–water partition coefficient (Wildman–Crippen LogP) is 0.927. The number of phenolic OH excluding ortho intramolecular Hbond substituents is 1. The lowest BCUT2D eigenvalue weighted by Crippen LogP contribution is -2.50. The third-order valence-corrected chi connectivity index (χ3v) is 4.05. The minimum absolute atomic E-state index is 0.142. The summed E-state index contributed by atoms with van der Waals surface area (Å²) in [6.07, 6.45) is 2.56. The molecule has 0 aliphatic carbocycles. The Bertz CT molecular complexity index is 507. The van der Waals surface area contributed by atoms with E-state index in [2.05, 4.69) is 0 Å². The highest BCUT2D eigenvalue weighted by Gasteiger charge is 2.29. The second kappa shape index (κ2) is 8.65. The molecule has 0 aliphatic rings. The number of nitrogens with zero attached hydrogens (tertiary/aromatic N) is 1. The lowest BCUT2D eigenvalue weighted by molar-refractivity contribution is -0.149. The van der Waals surface area contributed by atoms with Gasteiger partial charge < -0.3 is 20.8 Å². The molecule has 0 radical (unpaired) electrons. The topological polar surface area (TPSA) is 104 Å². The van der Waals surface area contributed by atoms with Crippen LogP contribution in [0.4, 0.5) is 0 Å². The van der Waals surface area contributed by atoms with Crippen molar-refractivity contribution in [2.45, 2.75) is 24.9 Å². The summed E-state index contributed by atoms with van der Waals surface area (Å²) in [5.41, 5.74) is 6.71. The van der Waals surface area contributed by atoms with E-state index in [0.717, 1.165) is 5.56 Å². The molecule has 1 aromatic carbocycles. The molecular weight excluding hydrogens is 304 g/mol. The molecule has 7 heteroatoms. The molecule has 0 heterocycles. The average Bonchev–Trinajstić information content (AvgIpc) is 2.48. The van der Waals surface area contributed by atoms with Gasteiger partial charge in [0, 0.05) is 7.05 Å².